The van der Waals surface area contributed by atoms with Crippen LogP contribution in [0.15, 0.2) is 24.3 Å². The summed E-state index contributed by atoms with van der Waals surface area (Å²) in [4.78, 5) is 10.8. The summed E-state index contributed by atoms with van der Waals surface area (Å²) in [6.45, 7) is 0.368. The van der Waals surface area contributed by atoms with Crippen molar-refractivity contribution in [2.75, 3.05) is 20.8 Å². The molecule has 0 heterocycles. The maximum absolute atomic E-state index is 10.8. The van der Waals surface area contributed by atoms with Crippen LogP contribution in [0, 0.1) is 0 Å². The zero-order valence-electron chi connectivity index (χ0n) is 8.95. The topological polar surface area (TPSA) is 47.6 Å². The Morgan fingerprint density at radius 1 is 1.47 bits per heavy atom. The van der Waals surface area contributed by atoms with Crippen molar-refractivity contribution in [1.82, 2.24) is 5.32 Å². The van der Waals surface area contributed by atoms with E-state index in [1.165, 1.54) is 7.05 Å². The van der Waals surface area contributed by atoms with Crippen LogP contribution in [-0.4, -0.2) is 26.9 Å². The molecule has 4 nitrogen and oxygen atoms in total. The number of hydrogen-bond donors (Lipinski definition) is 1. The Morgan fingerprint density at radius 3 is 2.93 bits per heavy atom. The van der Waals surface area contributed by atoms with Gasteiger partial charge in [0.15, 0.2) is 0 Å². The van der Waals surface area contributed by atoms with E-state index in [9.17, 15) is 4.79 Å². The van der Waals surface area contributed by atoms with Crippen LogP contribution in [0.2, 0.25) is 0 Å². The maximum atomic E-state index is 10.8. The number of carbonyl (C=O) groups excluding carboxylic acids is 1. The number of rotatable bonds is 4. The van der Waals surface area contributed by atoms with Gasteiger partial charge in [-0.1, -0.05) is 12.1 Å². The molecule has 0 atom stereocenters. The van der Waals surface area contributed by atoms with Crippen molar-refractivity contribution in [2.45, 2.75) is 6.42 Å². The van der Waals surface area contributed by atoms with Gasteiger partial charge in [0, 0.05) is 13.5 Å². The Bertz CT molecular complexity index is 325. The number of ether oxygens (including phenoxy) is 2. The van der Waals surface area contributed by atoms with Gasteiger partial charge in [-0.15, -0.1) is 0 Å². The van der Waals surface area contributed by atoms with E-state index < -0.39 is 6.09 Å². The molecule has 0 aromatic heterocycles. The number of hydrogen-bond acceptors (Lipinski definition) is 3. The van der Waals surface area contributed by atoms with Gasteiger partial charge in [-0.2, -0.15) is 0 Å². The Hall–Kier alpha value is -1.71. The normalized spacial score (nSPS) is 9.47. The first-order valence-electron chi connectivity index (χ1n) is 4.73. The fourth-order valence-corrected chi connectivity index (χ4v) is 1.16. The van der Waals surface area contributed by atoms with E-state index in [2.05, 4.69) is 5.32 Å². The minimum atomic E-state index is -0.405. The van der Waals surface area contributed by atoms with Crippen molar-refractivity contribution in [3.63, 3.8) is 0 Å². The van der Waals surface area contributed by atoms with Crippen LogP contribution >= 0.6 is 0 Å². The third-order valence-electron chi connectivity index (χ3n) is 1.96. The lowest BCUT2D eigenvalue weighted by atomic mass is 10.1. The number of nitrogens with one attached hydrogen (secondary N) is 1. The molecule has 1 aromatic carbocycles. The van der Waals surface area contributed by atoms with Gasteiger partial charge >= 0.3 is 6.09 Å². The molecular weight excluding hydrogens is 194 g/mol. The van der Waals surface area contributed by atoms with Crippen LogP contribution < -0.4 is 10.1 Å². The average Bonchev–Trinajstić information content (AvgIpc) is 2.29. The van der Waals surface area contributed by atoms with Crippen molar-refractivity contribution < 1.29 is 14.3 Å². The van der Waals surface area contributed by atoms with Gasteiger partial charge in [0.2, 0.25) is 0 Å². The molecule has 4 heteroatoms. The minimum absolute atomic E-state index is 0.368. The minimum Gasteiger partial charge on any atom is -0.497 e. The lowest BCUT2D eigenvalue weighted by molar-refractivity contribution is 0.150. The van der Waals surface area contributed by atoms with Crippen LogP contribution in [0.1, 0.15) is 5.56 Å². The predicted molar refractivity (Wildman–Crippen MR) is 57.1 cm³/mol. The molecule has 1 N–H and O–H groups in total. The predicted octanol–water partition coefficient (Wildman–Crippen LogP) is 1.59. The van der Waals surface area contributed by atoms with E-state index in [1.807, 2.05) is 24.3 Å². The average molecular weight is 209 g/mol. The van der Waals surface area contributed by atoms with Gasteiger partial charge in [-0.25, -0.2) is 4.79 Å². The number of carbonyl (C=O) groups is 1. The molecule has 0 fully saturated rings. The highest BCUT2D eigenvalue weighted by Crippen LogP contribution is 2.12. The van der Waals surface area contributed by atoms with Crippen molar-refractivity contribution in [3.05, 3.63) is 29.8 Å². The smallest absolute Gasteiger partial charge is 0.406 e. The zero-order valence-corrected chi connectivity index (χ0v) is 8.95. The first-order chi connectivity index (χ1) is 7.26. The van der Waals surface area contributed by atoms with E-state index >= 15 is 0 Å². The molecule has 0 unspecified atom stereocenters. The summed E-state index contributed by atoms with van der Waals surface area (Å²) in [6, 6.07) is 7.68. The number of amides is 1. The van der Waals surface area contributed by atoms with E-state index in [0.29, 0.717) is 13.0 Å². The highest BCUT2D eigenvalue weighted by Gasteiger charge is 1.99. The summed E-state index contributed by atoms with van der Waals surface area (Å²) >= 11 is 0. The molecule has 1 aromatic rings. The fraction of sp³-hybridized carbons (Fsp3) is 0.364. The van der Waals surface area contributed by atoms with Crippen LogP contribution in [0.4, 0.5) is 4.79 Å². The van der Waals surface area contributed by atoms with Gasteiger partial charge in [-0.05, 0) is 17.7 Å². The first-order valence-corrected chi connectivity index (χ1v) is 4.73. The van der Waals surface area contributed by atoms with Crippen molar-refractivity contribution in [1.29, 1.82) is 0 Å². The molecule has 0 aliphatic heterocycles. The standard InChI is InChI=1S/C11H15NO3/c1-12-11(13)15-7-6-9-4-3-5-10(8-9)14-2/h3-5,8H,6-7H2,1-2H3,(H,12,13). The van der Waals surface area contributed by atoms with E-state index in [1.54, 1.807) is 7.11 Å². The monoisotopic (exact) mass is 209 g/mol. The van der Waals surface area contributed by atoms with E-state index in [0.717, 1.165) is 11.3 Å². The molecule has 0 saturated carbocycles. The summed E-state index contributed by atoms with van der Waals surface area (Å²) in [5.74, 6) is 0.812. The Kier molecular flexibility index (Phi) is 4.47. The Balaban J connectivity index is 2.40. The third kappa shape index (κ3) is 3.89. The number of methoxy groups -OCH3 is 1. The molecule has 1 rings (SSSR count). The third-order valence-corrected chi connectivity index (χ3v) is 1.96. The SMILES string of the molecule is CNC(=O)OCCc1cccc(OC)c1. The van der Waals surface area contributed by atoms with Crippen LogP contribution in [0.25, 0.3) is 0 Å². The zero-order chi connectivity index (χ0) is 11.1. The van der Waals surface area contributed by atoms with Crippen LogP contribution in [-0.2, 0) is 11.2 Å². The van der Waals surface area contributed by atoms with Crippen molar-refractivity contribution >= 4 is 6.09 Å². The summed E-state index contributed by atoms with van der Waals surface area (Å²) in [5, 5.41) is 2.39. The molecule has 0 saturated heterocycles. The van der Waals surface area contributed by atoms with Gasteiger partial charge in [-0.3, -0.25) is 0 Å². The van der Waals surface area contributed by atoms with Crippen LogP contribution in [0.5, 0.6) is 5.75 Å². The van der Waals surface area contributed by atoms with Gasteiger partial charge < -0.3 is 14.8 Å². The van der Waals surface area contributed by atoms with Gasteiger partial charge in [0.25, 0.3) is 0 Å². The molecule has 15 heavy (non-hydrogen) atoms. The summed E-state index contributed by atoms with van der Waals surface area (Å²) in [6.07, 6.45) is 0.280. The molecule has 0 spiro atoms. The fourth-order valence-electron chi connectivity index (χ4n) is 1.16. The Labute approximate surface area is 89.2 Å². The maximum Gasteiger partial charge on any atom is 0.406 e. The first kappa shape index (κ1) is 11.4. The summed E-state index contributed by atoms with van der Waals surface area (Å²) in [5.41, 5.74) is 1.08. The van der Waals surface area contributed by atoms with Crippen molar-refractivity contribution in [3.8, 4) is 5.75 Å². The lowest BCUT2D eigenvalue weighted by Gasteiger charge is -2.05. The molecule has 0 aliphatic carbocycles. The highest BCUT2D eigenvalue weighted by atomic mass is 16.5. The second-order valence-corrected chi connectivity index (χ2v) is 2.99. The molecule has 0 radical (unpaired) electrons. The number of alkyl carbamates (subject to hydrolysis) is 1. The molecule has 0 bridgehead atoms. The van der Waals surface area contributed by atoms with Crippen molar-refractivity contribution in [2.24, 2.45) is 0 Å². The second-order valence-electron chi connectivity index (χ2n) is 2.99. The van der Waals surface area contributed by atoms with E-state index in [-0.39, 0.29) is 0 Å². The molecule has 82 valence electrons. The Morgan fingerprint density at radius 2 is 2.27 bits per heavy atom. The summed E-state index contributed by atoms with van der Waals surface area (Å²) < 4.78 is 9.96. The van der Waals surface area contributed by atoms with E-state index in [4.69, 9.17) is 9.47 Å². The van der Waals surface area contributed by atoms with Crippen LogP contribution in [0.3, 0.4) is 0 Å². The molecule has 0 aliphatic rings. The quantitative estimate of drug-likeness (QED) is 0.819. The van der Waals surface area contributed by atoms with Gasteiger partial charge in [0.05, 0.1) is 13.7 Å². The molecule has 1 amide bonds. The van der Waals surface area contributed by atoms with Gasteiger partial charge in [0.1, 0.15) is 5.75 Å². The molecular formula is C11H15NO3. The second kappa shape index (κ2) is 5.90. The highest BCUT2D eigenvalue weighted by molar-refractivity contribution is 5.66. The lowest BCUT2D eigenvalue weighted by Crippen LogP contribution is -2.20. The largest absolute Gasteiger partial charge is 0.497 e. The summed E-state index contributed by atoms with van der Waals surface area (Å²) in [7, 11) is 3.16. The number of benzene rings is 1.